The SMILES string of the molecule is N#C[C@H](c1nc2ccccc2nc1Oc1cccc2ccccc12)S(=O)(=O)c1ccccc1. The van der Waals surface area contributed by atoms with Gasteiger partial charge in [-0.15, -0.1) is 0 Å². The van der Waals surface area contributed by atoms with Crippen LogP contribution in [0, 0.1) is 11.3 Å². The lowest BCUT2D eigenvalue weighted by atomic mass is 10.1. The van der Waals surface area contributed by atoms with Crippen LogP contribution >= 0.6 is 0 Å². The number of nitrogens with zero attached hydrogens (tertiary/aromatic N) is 3. The fourth-order valence-corrected chi connectivity index (χ4v) is 5.05. The first kappa shape index (κ1) is 20.6. The molecule has 1 aromatic heterocycles. The molecule has 0 aliphatic heterocycles. The molecule has 0 aliphatic rings. The Morgan fingerprint density at radius 1 is 0.758 bits per heavy atom. The zero-order valence-corrected chi connectivity index (χ0v) is 18.1. The highest BCUT2D eigenvalue weighted by atomic mass is 32.2. The number of rotatable bonds is 5. The number of benzene rings is 4. The highest BCUT2D eigenvalue weighted by molar-refractivity contribution is 7.92. The van der Waals surface area contributed by atoms with Crippen LogP contribution in [0.3, 0.4) is 0 Å². The van der Waals surface area contributed by atoms with Crippen LogP contribution in [0.5, 0.6) is 11.6 Å². The zero-order valence-electron chi connectivity index (χ0n) is 17.3. The quantitative estimate of drug-likeness (QED) is 0.345. The van der Waals surface area contributed by atoms with Gasteiger partial charge in [0.25, 0.3) is 0 Å². The minimum Gasteiger partial charge on any atom is -0.437 e. The summed E-state index contributed by atoms with van der Waals surface area (Å²) in [4.78, 5) is 9.11. The molecule has 6 nitrogen and oxygen atoms in total. The first-order valence-electron chi connectivity index (χ1n) is 10.2. The first-order chi connectivity index (χ1) is 16.1. The van der Waals surface area contributed by atoms with Crippen LogP contribution in [-0.4, -0.2) is 18.4 Å². The van der Waals surface area contributed by atoms with Crippen LogP contribution in [0.15, 0.2) is 102 Å². The summed E-state index contributed by atoms with van der Waals surface area (Å²) in [6, 6.07) is 30.1. The highest BCUT2D eigenvalue weighted by Gasteiger charge is 2.34. The Morgan fingerprint density at radius 2 is 1.39 bits per heavy atom. The lowest BCUT2D eigenvalue weighted by Gasteiger charge is -2.16. The molecular formula is C26H17N3O3S. The molecule has 0 aliphatic carbocycles. The maximum Gasteiger partial charge on any atom is 0.244 e. The number of nitriles is 1. The average Bonchev–Trinajstić information content (AvgIpc) is 2.85. The van der Waals surface area contributed by atoms with Gasteiger partial charge in [0.05, 0.1) is 22.0 Å². The minimum absolute atomic E-state index is 0.0175. The summed E-state index contributed by atoms with van der Waals surface area (Å²) in [5.74, 6) is 0.476. The molecule has 0 radical (unpaired) electrons. The Morgan fingerprint density at radius 3 is 2.15 bits per heavy atom. The van der Waals surface area contributed by atoms with Gasteiger partial charge in [0, 0.05) is 5.39 Å². The number of fused-ring (bicyclic) bond motifs is 2. The predicted octanol–water partition coefficient (Wildman–Crippen LogP) is 5.61. The Balaban J connectivity index is 1.71. The molecule has 0 saturated carbocycles. The fourth-order valence-electron chi connectivity index (χ4n) is 3.66. The molecule has 4 aromatic carbocycles. The Hall–Kier alpha value is -4.28. The Kier molecular flexibility index (Phi) is 5.21. The van der Waals surface area contributed by atoms with E-state index in [-0.39, 0.29) is 16.5 Å². The fraction of sp³-hybridized carbons (Fsp3) is 0.0385. The number of hydrogen-bond acceptors (Lipinski definition) is 6. The van der Waals surface area contributed by atoms with E-state index in [2.05, 4.69) is 9.97 Å². The highest BCUT2D eigenvalue weighted by Crippen LogP contribution is 2.37. The average molecular weight is 452 g/mol. The summed E-state index contributed by atoms with van der Waals surface area (Å²) < 4.78 is 32.9. The van der Waals surface area contributed by atoms with Crippen LogP contribution < -0.4 is 4.74 Å². The van der Waals surface area contributed by atoms with E-state index in [4.69, 9.17) is 4.74 Å². The largest absolute Gasteiger partial charge is 0.437 e. The summed E-state index contributed by atoms with van der Waals surface area (Å²) in [7, 11) is -4.07. The van der Waals surface area contributed by atoms with Crippen molar-refractivity contribution in [1.82, 2.24) is 9.97 Å². The molecule has 0 fully saturated rings. The lowest BCUT2D eigenvalue weighted by Crippen LogP contribution is -2.15. The second-order valence-corrected chi connectivity index (χ2v) is 9.38. The third-order valence-corrected chi connectivity index (χ3v) is 7.15. The normalized spacial score (nSPS) is 12.3. The van der Waals surface area contributed by atoms with Crippen LogP contribution in [0.1, 0.15) is 10.9 Å². The molecule has 1 atom stereocenters. The van der Waals surface area contributed by atoms with Gasteiger partial charge in [-0.1, -0.05) is 66.7 Å². The van der Waals surface area contributed by atoms with Gasteiger partial charge in [-0.05, 0) is 35.7 Å². The van der Waals surface area contributed by atoms with Crippen molar-refractivity contribution < 1.29 is 13.2 Å². The van der Waals surface area contributed by atoms with Crippen molar-refractivity contribution in [2.75, 3.05) is 0 Å². The van der Waals surface area contributed by atoms with E-state index in [1.165, 1.54) is 12.1 Å². The van der Waals surface area contributed by atoms with Crippen LogP contribution in [-0.2, 0) is 9.84 Å². The van der Waals surface area contributed by atoms with Crippen molar-refractivity contribution >= 4 is 31.6 Å². The lowest BCUT2D eigenvalue weighted by molar-refractivity contribution is 0.460. The minimum atomic E-state index is -4.07. The van der Waals surface area contributed by atoms with Gasteiger partial charge in [-0.3, -0.25) is 0 Å². The second-order valence-electron chi connectivity index (χ2n) is 7.35. The van der Waals surface area contributed by atoms with Crippen molar-refractivity contribution in [2.45, 2.75) is 10.1 Å². The van der Waals surface area contributed by atoms with E-state index in [1.54, 1.807) is 48.5 Å². The van der Waals surface area contributed by atoms with E-state index in [0.717, 1.165) is 10.8 Å². The maximum atomic E-state index is 13.4. The van der Waals surface area contributed by atoms with Gasteiger partial charge in [-0.25, -0.2) is 18.4 Å². The van der Waals surface area contributed by atoms with Gasteiger partial charge in [0.1, 0.15) is 11.4 Å². The number of para-hydroxylation sites is 2. The van der Waals surface area contributed by atoms with E-state index in [0.29, 0.717) is 16.8 Å². The van der Waals surface area contributed by atoms with Crippen LogP contribution in [0.2, 0.25) is 0 Å². The number of ether oxygens (including phenoxy) is 1. The third-order valence-electron chi connectivity index (χ3n) is 5.27. The van der Waals surface area contributed by atoms with Crippen molar-refractivity contribution in [2.24, 2.45) is 0 Å². The summed E-state index contributed by atoms with van der Waals surface area (Å²) in [5.41, 5.74) is 0.958. The molecule has 1 heterocycles. The van der Waals surface area contributed by atoms with Crippen molar-refractivity contribution in [3.05, 3.63) is 103 Å². The Bertz CT molecular complexity index is 1620. The molecule has 0 spiro atoms. The summed E-state index contributed by atoms with van der Waals surface area (Å²) in [5, 5.41) is 10.2. The van der Waals surface area contributed by atoms with E-state index in [9.17, 15) is 13.7 Å². The Labute approximate surface area is 190 Å². The van der Waals surface area contributed by atoms with E-state index in [1.807, 2.05) is 42.5 Å². The topological polar surface area (TPSA) is 92.9 Å². The molecule has 0 amide bonds. The first-order valence-corrected chi connectivity index (χ1v) is 11.7. The molecule has 0 unspecified atom stereocenters. The number of aromatic nitrogens is 2. The second kappa shape index (κ2) is 8.34. The standard InChI is InChI=1S/C26H17N3O3S/c27-17-24(33(30,31)19-11-2-1-3-12-19)25-26(29-22-15-7-6-14-21(22)28-25)32-23-16-8-10-18-9-4-5-13-20(18)23/h1-16,24H/t24-/m1/s1. The molecular weight excluding hydrogens is 434 g/mol. The summed E-state index contributed by atoms with van der Waals surface area (Å²) in [6.07, 6.45) is 0. The maximum absolute atomic E-state index is 13.4. The van der Waals surface area contributed by atoms with Crippen molar-refractivity contribution in [3.63, 3.8) is 0 Å². The molecule has 0 saturated heterocycles. The van der Waals surface area contributed by atoms with Gasteiger partial charge in [0.2, 0.25) is 15.7 Å². The molecule has 0 bridgehead atoms. The van der Waals surface area contributed by atoms with E-state index >= 15 is 0 Å². The van der Waals surface area contributed by atoms with Crippen LogP contribution in [0.4, 0.5) is 0 Å². The molecule has 7 heteroatoms. The summed E-state index contributed by atoms with van der Waals surface area (Å²) >= 11 is 0. The molecule has 0 N–H and O–H groups in total. The third kappa shape index (κ3) is 3.77. The monoisotopic (exact) mass is 451 g/mol. The number of sulfone groups is 1. The van der Waals surface area contributed by atoms with E-state index < -0.39 is 15.1 Å². The van der Waals surface area contributed by atoms with Gasteiger partial charge >= 0.3 is 0 Å². The predicted molar refractivity (Wildman–Crippen MR) is 126 cm³/mol. The molecule has 33 heavy (non-hydrogen) atoms. The van der Waals surface area contributed by atoms with Crippen molar-refractivity contribution in [1.29, 1.82) is 5.26 Å². The summed E-state index contributed by atoms with van der Waals surface area (Å²) in [6.45, 7) is 0. The molecule has 5 rings (SSSR count). The van der Waals surface area contributed by atoms with Gasteiger partial charge in [-0.2, -0.15) is 5.26 Å². The number of hydrogen-bond donors (Lipinski definition) is 0. The van der Waals surface area contributed by atoms with Gasteiger partial charge < -0.3 is 4.74 Å². The van der Waals surface area contributed by atoms with Crippen LogP contribution in [0.25, 0.3) is 21.8 Å². The van der Waals surface area contributed by atoms with Crippen molar-refractivity contribution in [3.8, 4) is 17.7 Å². The smallest absolute Gasteiger partial charge is 0.244 e. The van der Waals surface area contributed by atoms with Gasteiger partial charge in [0.15, 0.2) is 5.25 Å². The molecule has 160 valence electrons. The molecule has 5 aromatic rings. The zero-order chi connectivity index (χ0) is 22.8.